The number of carbonyl (C=O) groups is 2. The first-order chi connectivity index (χ1) is 13.0. The number of hydrogen-bond acceptors (Lipinski definition) is 5. The van der Waals surface area contributed by atoms with Crippen LogP contribution in [0.3, 0.4) is 0 Å². The van der Waals surface area contributed by atoms with Crippen LogP contribution in [-0.4, -0.2) is 27.9 Å². The lowest BCUT2D eigenvalue weighted by Gasteiger charge is -2.08. The highest BCUT2D eigenvalue weighted by Gasteiger charge is 2.18. The third kappa shape index (κ3) is 3.30. The number of Topliss-reactive ketones (excluding diaryl/α,β-unsaturated/α-hetero) is 1. The number of ether oxygens (including phenoxy) is 1. The van der Waals surface area contributed by atoms with Crippen molar-refractivity contribution in [3.05, 3.63) is 74.2 Å². The summed E-state index contributed by atoms with van der Waals surface area (Å²) in [6.07, 6.45) is 1.64. The van der Waals surface area contributed by atoms with Gasteiger partial charge in [0.1, 0.15) is 5.82 Å². The Balaban J connectivity index is 1.55. The van der Waals surface area contributed by atoms with Gasteiger partial charge >= 0.3 is 5.97 Å². The van der Waals surface area contributed by atoms with Gasteiger partial charge in [0, 0.05) is 23.0 Å². The monoisotopic (exact) mass is 426 g/mol. The van der Waals surface area contributed by atoms with Crippen LogP contribution in [0.25, 0.3) is 10.9 Å². The van der Waals surface area contributed by atoms with Crippen LogP contribution in [0.1, 0.15) is 33.0 Å². The predicted molar refractivity (Wildman–Crippen MR) is 103 cm³/mol. The molecule has 0 radical (unpaired) electrons. The van der Waals surface area contributed by atoms with Crippen molar-refractivity contribution in [2.45, 2.75) is 19.4 Å². The van der Waals surface area contributed by atoms with Gasteiger partial charge in [-0.25, -0.2) is 9.78 Å². The van der Waals surface area contributed by atoms with E-state index in [1.165, 1.54) is 6.07 Å². The van der Waals surface area contributed by atoms with Crippen molar-refractivity contribution >= 4 is 38.6 Å². The molecule has 0 unspecified atom stereocenters. The number of aryl methyl sites for hydroxylation is 1. The summed E-state index contributed by atoms with van der Waals surface area (Å²) in [4.78, 5) is 41.5. The normalized spacial score (nSPS) is 12.8. The number of hydrogen-bond donors (Lipinski definition) is 0. The molecule has 0 amide bonds. The molecule has 4 rings (SSSR count). The fourth-order valence-electron chi connectivity index (χ4n) is 3.19. The molecule has 0 bridgehead atoms. The summed E-state index contributed by atoms with van der Waals surface area (Å²) in [6, 6.07) is 11.6. The van der Waals surface area contributed by atoms with Crippen LogP contribution < -0.4 is 5.56 Å². The van der Waals surface area contributed by atoms with Crippen LogP contribution in [0.2, 0.25) is 0 Å². The summed E-state index contributed by atoms with van der Waals surface area (Å²) >= 11 is 3.31. The molecule has 0 spiro atoms. The Kier molecular flexibility index (Phi) is 4.61. The standard InChI is InChI=1S/C20H15BrN2O4/c21-15-5-2-1-4-13(15)17(24)11-27-20(26)12-7-8-14-16(10-12)22-18-6-3-9-23(18)19(14)25/h1-2,4-5,7-8,10H,3,6,9,11H2. The largest absolute Gasteiger partial charge is 0.454 e. The molecular weight excluding hydrogens is 412 g/mol. The Morgan fingerprint density at radius 3 is 2.81 bits per heavy atom. The third-order valence-electron chi connectivity index (χ3n) is 4.56. The van der Waals surface area contributed by atoms with E-state index in [2.05, 4.69) is 20.9 Å². The summed E-state index contributed by atoms with van der Waals surface area (Å²) in [6.45, 7) is 0.317. The van der Waals surface area contributed by atoms with Crippen LogP contribution >= 0.6 is 15.9 Å². The first-order valence-corrected chi connectivity index (χ1v) is 9.32. The van der Waals surface area contributed by atoms with Crippen molar-refractivity contribution in [2.75, 3.05) is 6.61 Å². The molecule has 0 N–H and O–H groups in total. The summed E-state index contributed by atoms with van der Waals surface area (Å²) in [5.41, 5.74) is 1.10. The number of esters is 1. The number of benzene rings is 2. The molecule has 1 aliphatic rings. The molecule has 6 nitrogen and oxygen atoms in total. The Bertz CT molecular complexity index is 1140. The Labute approximate surface area is 162 Å². The summed E-state index contributed by atoms with van der Waals surface area (Å²) in [5.74, 6) is -0.187. The Morgan fingerprint density at radius 2 is 2.00 bits per heavy atom. The van der Waals surface area contributed by atoms with Crippen LogP contribution in [0, 0.1) is 0 Å². The number of halogens is 1. The SMILES string of the molecule is O=C(OCC(=O)c1ccccc1Br)c1ccc2c(=O)n3c(nc2c1)CCC3. The first kappa shape index (κ1) is 17.6. The quantitative estimate of drug-likeness (QED) is 0.472. The van der Waals surface area contributed by atoms with E-state index in [9.17, 15) is 14.4 Å². The van der Waals surface area contributed by atoms with Crippen LogP contribution in [0.5, 0.6) is 0 Å². The second-order valence-corrected chi connectivity index (χ2v) is 7.15. The van der Waals surface area contributed by atoms with E-state index in [0.717, 1.165) is 18.7 Å². The lowest BCUT2D eigenvalue weighted by atomic mass is 10.1. The fraction of sp³-hybridized carbons (Fsp3) is 0.200. The van der Waals surface area contributed by atoms with E-state index in [0.29, 0.717) is 27.5 Å². The van der Waals surface area contributed by atoms with Gasteiger partial charge in [-0.15, -0.1) is 0 Å². The van der Waals surface area contributed by atoms with Gasteiger partial charge in [0.05, 0.1) is 16.5 Å². The lowest BCUT2D eigenvalue weighted by molar-refractivity contribution is 0.0474. The molecule has 1 aliphatic heterocycles. The van der Waals surface area contributed by atoms with Gasteiger partial charge in [-0.2, -0.15) is 0 Å². The van der Waals surface area contributed by atoms with Crippen LogP contribution in [0.15, 0.2) is 51.7 Å². The number of fused-ring (bicyclic) bond motifs is 2. The van der Waals surface area contributed by atoms with E-state index in [-0.39, 0.29) is 23.5 Å². The average Bonchev–Trinajstić information content (AvgIpc) is 3.14. The lowest BCUT2D eigenvalue weighted by Crippen LogP contribution is -2.21. The van der Waals surface area contributed by atoms with Gasteiger partial charge in [0.2, 0.25) is 5.78 Å². The highest BCUT2D eigenvalue weighted by atomic mass is 79.9. The molecule has 136 valence electrons. The van der Waals surface area contributed by atoms with E-state index >= 15 is 0 Å². The molecule has 0 atom stereocenters. The van der Waals surface area contributed by atoms with Crippen LogP contribution in [0.4, 0.5) is 0 Å². The molecule has 2 aromatic carbocycles. The van der Waals surface area contributed by atoms with E-state index < -0.39 is 5.97 Å². The van der Waals surface area contributed by atoms with Crippen molar-refractivity contribution in [1.29, 1.82) is 0 Å². The minimum Gasteiger partial charge on any atom is -0.454 e. The molecule has 27 heavy (non-hydrogen) atoms. The summed E-state index contributed by atoms with van der Waals surface area (Å²) in [5, 5.41) is 0.474. The Morgan fingerprint density at radius 1 is 1.19 bits per heavy atom. The van der Waals surface area contributed by atoms with Crippen molar-refractivity contribution in [3.63, 3.8) is 0 Å². The van der Waals surface area contributed by atoms with Crippen molar-refractivity contribution < 1.29 is 14.3 Å². The highest BCUT2D eigenvalue weighted by Crippen LogP contribution is 2.18. The molecule has 0 fully saturated rings. The maximum Gasteiger partial charge on any atom is 0.338 e. The molecule has 0 aliphatic carbocycles. The van der Waals surface area contributed by atoms with Crippen LogP contribution in [-0.2, 0) is 17.7 Å². The van der Waals surface area contributed by atoms with Gasteiger partial charge in [-0.1, -0.05) is 34.1 Å². The molecule has 0 saturated carbocycles. The summed E-state index contributed by atoms with van der Waals surface area (Å²) in [7, 11) is 0. The van der Waals surface area contributed by atoms with Crippen molar-refractivity contribution in [1.82, 2.24) is 9.55 Å². The molecule has 2 heterocycles. The molecular formula is C20H15BrN2O4. The maximum atomic E-state index is 12.5. The number of carbonyl (C=O) groups excluding carboxylic acids is 2. The number of ketones is 1. The van der Waals surface area contributed by atoms with E-state index in [1.54, 1.807) is 41.0 Å². The van der Waals surface area contributed by atoms with Crippen molar-refractivity contribution in [2.24, 2.45) is 0 Å². The molecule has 3 aromatic rings. The topological polar surface area (TPSA) is 78.3 Å². The third-order valence-corrected chi connectivity index (χ3v) is 5.25. The molecule has 0 saturated heterocycles. The minimum absolute atomic E-state index is 0.0866. The van der Waals surface area contributed by atoms with Gasteiger partial charge in [0.25, 0.3) is 5.56 Å². The summed E-state index contributed by atoms with van der Waals surface area (Å²) < 4.78 is 7.48. The Hall–Kier alpha value is -2.80. The number of aromatic nitrogens is 2. The minimum atomic E-state index is -0.625. The van der Waals surface area contributed by atoms with Gasteiger partial charge in [-0.3, -0.25) is 14.2 Å². The van der Waals surface area contributed by atoms with Crippen molar-refractivity contribution in [3.8, 4) is 0 Å². The number of rotatable bonds is 4. The second-order valence-electron chi connectivity index (χ2n) is 6.30. The smallest absolute Gasteiger partial charge is 0.338 e. The maximum absolute atomic E-state index is 12.5. The first-order valence-electron chi connectivity index (χ1n) is 8.53. The zero-order chi connectivity index (χ0) is 19.0. The zero-order valence-electron chi connectivity index (χ0n) is 14.3. The molecule has 1 aromatic heterocycles. The van der Waals surface area contributed by atoms with E-state index in [4.69, 9.17) is 4.74 Å². The van der Waals surface area contributed by atoms with Gasteiger partial charge < -0.3 is 4.74 Å². The molecule has 7 heteroatoms. The van der Waals surface area contributed by atoms with E-state index in [1.807, 2.05) is 0 Å². The average molecular weight is 427 g/mol. The zero-order valence-corrected chi connectivity index (χ0v) is 15.9. The fourth-order valence-corrected chi connectivity index (χ4v) is 3.70. The van der Waals surface area contributed by atoms with Gasteiger partial charge in [0.15, 0.2) is 6.61 Å². The predicted octanol–water partition coefficient (Wildman–Crippen LogP) is 3.14. The highest BCUT2D eigenvalue weighted by molar-refractivity contribution is 9.10. The second kappa shape index (κ2) is 7.08. The van der Waals surface area contributed by atoms with Gasteiger partial charge in [-0.05, 0) is 30.7 Å². The number of nitrogens with zero attached hydrogens (tertiary/aromatic N) is 2.